The maximum atomic E-state index is 14.6. The monoisotopic (exact) mass is 570 g/mol. The molecule has 1 amide bonds. The zero-order valence-corrected chi connectivity index (χ0v) is 21.5. The Kier molecular flexibility index (Phi) is 7.80. The number of nitrogens with zero attached hydrogens (tertiary/aromatic N) is 2. The number of piperazine rings is 1. The SMILES string of the molecule is C[C@@H](Oc1ccc(S(C)(=O)=O)cc1C(=O)N1CCN(c2cc(F)c(S(C)(=O)=O)cc2F)CC1)C(F)(F)F. The van der Waals surface area contributed by atoms with Crippen molar-refractivity contribution in [2.45, 2.75) is 29.0 Å². The van der Waals surface area contributed by atoms with Crippen LogP contribution in [0.1, 0.15) is 17.3 Å². The molecule has 0 N–H and O–H groups in total. The summed E-state index contributed by atoms with van der Waals surface area (Å²) >= 11 is 0. The van der Waals surface area contributed by atoms with E-state index in [0.29, 0.717) is 6.07 Å². The molecule has 0 bridgehead atoms. The Labute approximate surface area is 210 Å². The number of ether oxygens (including phenoxy) is 1. The van der Waals surface area contributed by atoms with E-state index in [2.05, 4.69) is 0 Å². The van der Waals surface area contributed by atoms with Gasteiger partial charge in [0.1, 0.15) is 22.3 Å². The third-order valence-corrected chi connectivity index (χ3v) is 7.90. The molecule has 1 aliphatic rings. The van der Waals surface area contributed by atoms with Crippen LogP contribution in [0, 0.1) is 11.6 Å². The lowest BCUT2D eigenvalue weighted by Crippen LogP contribution is -2.49. The summed E-state index contributed by atoms with van der Waals surface area (Å²) in [6.07, 6.45) is -5.42. The van der Waals surface area contributed by atoms with Crippen molar-refractivity contribution in [2.75, 3.05) is 43.6 Å². The lowest BCUT2D eigenvalue weighted by atomic mass is 10.1. The fourth-order valence-electron chi connectivity index (χ4n) is 3.63. The maximum Gasteiger partial charge on any atom is 0.425 e. The van der Waals surface area contributed by atoms with Gasteiger partial charge in [-0.25, -0.2) is 25.6 Å². The Bertz CT molecular complexity index is 1420. The van der Waals surface area contributed by atoms with Gasteiger partial charge in [0.05, 0.1) is 16.1 Å². The molecule has 204 valence electrons. The van der Waals surface area contributed by atoms with Crippen LogP contribution in [0.5, 0.6) is 5.75 Å². The number of alkyl halides is 3. The van der Waals surface area contributed by atoms with E-state index in [0.717, 1.165) is 43.7 Å². The van der Waals surface area contributed by atoms with Crippen molar-refractivity contribution in [3.8, 4) is 5.75 Å². The van der Waals surface area contributed by atoms with Crippen LogP contribution in [0.15, 0.2) is 40.1 Å². The molecule has 1 saturated heterocycles. The van der Waals surface area contributed by atoms with Crippen molar-refractivity contribution in [1.82, 2.24) is 4.90 Å². The fourth-order valence-corrected chi connectivity index (χ4v) is 5.01. The molecule has 1 heterocycles. The van der Waals surface area contributed by atoms with Crippen LogP contribution < -0.4 is 9.64 Å². The van der Waals surface area contributed by atoms with Crippen LogP contribution >= 0.6 is 0 Å². The molecule has 1 atom stereocenters. The van der Waals surface area contributed by atoms with Crippen molar-refractivity contribution in [3.05, 3.63) is 47.5 Å². The van der Waals surface area contributed by atoms with E-state index in [1.54, 1.807) is 0 Å². The standard InChI is InChI=1S/C22H23F5N2O6S2/c1-13(22(25,26)27)35-19-5-4-14(36(2,31)32)10-15(19)21(30)29-8-6-28(7-9-29)18-11-17(24)20(12-16(18)23)37(3,33)34/h4-5,10-13H,6-9H2,1-3H3/t13-/m1/s1. The van der Waals surface area contributed by atoms with E-state index in [4.69, 9.17) is 4.74 Å². The molecule has 0 unspecified atom stereocenters. The van der Waals surface area contributed by atoms with Crippen molar-refractivity contribution in [3.63, 3.8) is 0 Å². The second-order valence-corrected chi connectivity index (χ2v) is 12.5. The van der Waals surface area contributed by atoms with Crippen molar-refractivity contribution in [2.24, 2.45) is 0 Å². The van der Waals surface area contributed by atoms with E-state index in [-0.39, 0.29) is 36.8 Å². The van der Waals surface area contributed by atoms with Crippen LogP contribution in [0.2, 0.25) is 0 Å². The van der Waals surface area contributed by atoms with Gasteiger partial charge in [-0.05, 0) is 31.2 Å². The number of hydrogen-bond donors (Lipinski definition) is 0. The predicted octanol–water partition coefficient (Wildman–Crippen LogP) is 3.06. The number of benzene rings is 2. The van der Waals surface area contributed by atoms with E-state index < -0.39 is 65.7 Å². The van der Waals surface area contributed by atoms with Crippen LogP contribution in [0.4, 0.5) is 27.6 Å². The molecule has 1 aliphatic heterocycles. The molecular formula is C22H23F5N2O6S2. The number of carbonyl (C=O) groups excluding carboxylic acids is 1. The van der Waals surface area contributed by atoms with E-state index >= 15 is 0 Å². The Balaban J connectivity index is 1.86. The highest BCUT2D eigenvalue weighted by molar-refractivity contribution is 7.91. The third kappa shape index (κ3) is 6.50. The van der Waals surface area contributed by atoms with Gasteiger partial charge in [0.2, 0.25) is 0 Å². The molecule has 0 saturated carbocycles. The summed E-state index contributed by atoms with van der Waals surface area (Å²) in [5.41, 5.74) is -0.624. The summed E-state index contributed by atoms with van der Waals surface area (Å²) in [6, 6.07) is 4.24. The van der Waals surface area contributed by atoms with Gasteiger partial charge in [0.15, 0.2) is 25.8 Å². The van der Waals surface area contributed by atoms with E-state index in [9.17, 15) is 43.6 Å². The summed E-state index contributed by atoms with van der Waals surface area (Å²) in [6.45, 7) is 0.527. The Morgan fingerprint density at radius 3 is 2.03 bits per heavy atom. The average molecular weight is 571 g/mol. The number of rotatable bonds is 6. The van der Waals surface area contributed by atoms with Gasteiger partial charge < -0.3 is 14.5 Å². The van der Waals surface area contributed by atoms with E-state index in [1.807, 2.05) is 0 Å². The minimum Gasteiger partial charge on any atom is -0.480 e. The fraction of sp³-hybridized carbons (Fsp3) is 0.409. The molecule has 15 heteroatoms. The number of sulfone groups is 2. The molecule has 1 fully saturated rings. The number of anilines is 1. The molecule has 3 rings (SSSR count). The first-order valence-corrected chi connectivity index (χ1v) is 14.5. The third-order valence-electron chi connectivity index (χ3n) is 5.68. The zero-order valence-electron chi connectivity index (χ0n) is 19.8. The minimum atomic E-state index is -4.74. The largest absolute Gasteiger partial charge is 0.480 e. The molecule has 0 aliphatic carbocycles. The number of carbonyl (C=O) groups is 1. The molecule has 2 aromatic carbocycles. The topological polar surface area (TPSA) is 101 Å². The van der Waals surface area contributed by atoms with Gasteiger partial charge in [0.25, 0.3) is 5.91 Å². The highest BCUT2D eigenvalue weighted by atomic mass is 32.2. The molecular weight excluding hydrogens is 547 g/mol. The lowest BCUT2D eigenvalue weighted by molar-refractivity contribution is -0.189. The first-order valence-electron chi connectivity index (χ1n) is 10.7. The highest BCUT2D eigenvalue weighted by Crippen LogP contribution is 2.31. The Morgan fingerprint density at radius 1 is 0.919 bits per heavy atom. The molecule has 8 nitrogen and oxygen atoms in total. The van der Waals surface area contributed by atoms with Crippen molar-refractivity contribution < 1.29 is 48.3 Å². The smallest absolute Gasteiger partial charge is 0.425 e. The second kappa shape index (κ2) is 10.1. The van der Waals surface area contributed by atoms with E-state index in [1.165, 1.54) is 9.80 Å². The summed E-state index contributed by atoms with van der Waals surface area (Å²) in [7, 11) is -7.81. The van der Waals surface area contributed by atoms with Gasteiger partial charge >= 0.3 is 6.18 Å². The minimum absolute atomic E-state index is 0.0266. The van der Waals surface area contributed by atoms with Gasteiger partial charge in [-0.15, -0.1) is 0 Å². The molecule has 0 aromatic heterocycles. The molecule has 37 heavy (non-hydrogen) atoms. The number of hydrogen-bond acceptors (Lipinski definition) is 7. The summed E-state index contributed by atoms with van der Waals surface area (Å²) in [5.74, 6) is -3.41. The maximum absolute atomic E-state index is 14.6. The zero-order chi connectivity index (χ0) is 27.9. The van der Waals surface area contributed by atoms with Gasteiger partial charge in [0, 0.05) is 44.8 Å². The predicted molar refractivity (Wildman–Crippen MR) is 123 cm³/mol. The highest BCUT2D eigenvalue weighted by Gasteiger charge is 2.39. The quantitative estimate of drug-likeness (QED) is 0.492. The lowest BCUT2D eigenvalue weighted by Gasteiger charge is -2.36. The normalized spacial score (nSPS) is 16.0. The van der Waals surface area contributed by atoms with Crippen LogP contribution in [-0.2, 0) is 19.7 Å². The summed E-state index contributed by atoms with van der Waals surface area (Å²) in [5, 5.41) is 0. The average Bonchev–Trinajstić information content (AvgIpc) is 2.78. The second-order valence-electron chi connectivity index (χ2n) is 8.52. The van der Waals surface area contributed by atoms with Gasteiger partial charge in [-0.2, -0.15) is 13.2 Å². The summed E-state index contributed by atoms with van der Waals surface area (Å²) < 4.78 is 120. The molecule has 2 aromatic rings. The Morgan fingerprint density at radius 2 is 1.51 bits per heavy atom. The first kappa shape index (κ1) is 28.6. The van der Waals surface area contributed by atoms with Crippen LogP contribution in [0.25, 0.3) is 0 Å². The van der Waals surface area contributed by atoms with Crippen LogP contribution in [-0.4, -0.2) is 78.6 Å². The van der Waals surface area contributed by atoms with Gasteiger partial charge in [-0.3, -0.25) is 4.79 Å². The summed E-state index contributed by atoms with van der Waals surface area (Å²) in [4.78, 5) is 14.7. The first-order chi connectivity index (χ1) is 16.9. The van der Waals surface area contributed by atoms with Crippen molar-refractivity contribution >= 4 is 31.3 Å². The van der Waals surface area contributed by atoms with Crippen molar-refractivity contribution in [1.29, 1.82) is 0 Å². The van der Waals surface area contributed by atoms with Crippen LogP contribution in [0.3, 0.4) is 0 Å². The molecule has 0 spiro atoms. The number of halogens is 5. The molecule has 0 radical (unpaired) electrons. The number of amides is 1. The Hall–Kier alpha value is -2.94. The van der Waals surface area contributed by atoms with Gasteiger partial charge in [-0.1, -0.05) is 0 Å².